The first-order chi connectivity index (χ1) is 8.47. The van der Waals surface area contributed by atoms with E-state index in [1.54, 1.807) is 13.8 Å². The maximum absolute atomic E-state index is 11.1. The minimum atomic E-state index is -0.531. The molecule has 1 aromatic heterocycles. The van der Waals surface area contributed by atoms with Crippen molar-refractivity contribution in [1.29, 1.82) is 0 Å². The zero-order valence-corrected chi connectivity index (χ0v) is 10.5. The first-order valence-corrected chi connectivity index (χ1v) is 5.45. The molecule has 8 nitrogen and oxygen atoms in total. The molecule has 0 aliphatic carbocycles. The molecule has 1 unspecified atom stereocenters. The van der Waals surface area contributed by atoms with Gasteiger partial charge in [0.2, 0.25) is 0 Å². The molecule has 1 heterocycles. The third kappa shape index (κ3) is 3.27. The standard InChI is InChI=1S/C10H16N4O4/c1-7-6-12-10(14(16)17)13(7)5-4-11-8(2)9(15)18-3/h6,8,11H,4-5H2,1-3H3. The highest BCUT2D eigenvalue weighted by Crippen LogP contribution is 2.11. The van der Waals surface area contributed by atoms with Crippen LogP contribution < -0.4 is 5.32 Å². The second-order valence-corrected chi connectivity index (χ2v) is 3.81. The Labute approximate surface area is 104 Å². The van der Waals surface area contributed by atoms with Gasteiger partial charge in [0.15, 0.2) is 0 Å². The Bertz CT molecular complexity index is 443. The van der Waals surface area contributed by atoms with E-state index in [2.05, 4.69) is 15.0 Å². The van der Waals surface area contributed by atoms with Gasteiger partial charge in [-0.05, 0) is 18.8 Å². The van der Waals surface area contributed by atoms with E-state index in [9.17, 15) is 14.9 Å². The van der Waals surface area contributed by atoms with Crippen LogP contribution in [0.4, 0.5) is 5.95 Å². The Morgan fingerprint density at radius 2 is 2.39 bits per heavy atom. The number of aromatic nitrogens is 2. The summed E-state index contributed by atoms with van der Waals surface area (Å²) in [4.78, 5) is 25.0. The van der Waals surface area contributed by atoms with Crippen LogP contribution in [0.25, 0.3) is 0 Å². The molecule has 0 aliphatic rings. The molecule has 0 amide bonds. The van der Waals surface area contributed by atoms with Gasteiger partial charge in [0, 0.05) is 6.54 Å². The van der Waals surface area contributed by atoms with E-state index in [-0.39, 0.29) is 11.9 Å². The third-order valence-electron chi connectivity index (χ3n) is 2.54. The van der Waals surface area contributed by atoms with E-state index < -0.39 is 11.0 Å². The topological polar surface area (TPSA) is 99.3 Å². The summed E-state index contributed by atoms with van der Waals surface area (Å²) in [5, 5.41) is 13.6. The van der Waals surface area contributed by atoms with Crippen molar-refractivity contribution in [2.45, 2.75) is 26.4 Å². The fraction of sp³-hybridized carbons (Fsp3) is 0.600. The Morgan fingerprint density at radius 1 is 1.72 bits per heavy atom. The van der Waals surface area contributed by atoms with Crippen molar-refractivity contribution in [2.24, 2.45) is 0 Å². The Morgan fingerprint density at radius 3 is 2.94 bits per heavy atom. The van der Waals surface area contributed by atoms with E-state index in [1.807, 2.05) is 0 Å². The number of hydrogen-bond acceptors (Lipinski definition) is 6. The van der Waals surface area contributed by atoms with Crippen LogP contribution in [0.5, 0.6) is 0 Å². The molecule has 18 heavy (non-hydrogen) atoms. The molecular weight excluding hydrogens is 240 g/mol. The molecule has 1 rings (SSSR count). The fourth-order valence-corrected chi connectivity index (χ4v) is 1.52. The Kier molecular flexibility index (Phi) is 4.78. The number of nitrogens with one attached hydrogen (secondary N) is 1. The van der Waals surface area contributed by atoms with E-state index in [1.165, 1.54) is 17.9 Å². The third-order valence-corrected chi connectivity index (χ3v) is 2.54. The number of aryl methyl sites for hydroxylation is 1. The quantitative estimate of drug-likeness (QED) is 0.445. The number of carbonyl (C=O) groups excluding carboxylic acids is 1. The van der Waals surface area contributed by atoms with Crippen LogP contribution >= 0.6 is 0 Å². The van der Waals surface area contributed by atoms with Crippen molar-refractivity contribution in [3.8, 4) is 0 Å². The van der Waals surface area contributed by atoms with Gasteiger partial charge in [-0.15, -0.1) is 0 Å². The molecule has 1 aromatic rings. The highest BCUT2D eigenvalue weighted by Gasteiger charge is 2.18. The van der Waals surface area contributed by atoms with Gasteiger partial charge in [0.1, 0.15) is 17.9 Å². The largest absolute Gasteiger partial charge is 0.468 e. The fourth-order valence-electron chi connectivity index (χ4n) is 1.52. The maximum Gasteiger partial charge on any atom is 0.434 e. The zero-order valence-electron chi connectivity index (χ0n) is 10.5. The maximum atomic E-state index is 11.1. The van der Waals surface area contributed by atoms with Gasteiger partial charge < -0.3 is 20.2 Å². The SMILES string of the molecule is COC(=O)C(C)NCCn1c(C)cnc1[N+](=O)[O-]. The molecule has 1 atom stereocenters. The summed E-state index contributed by atoms with van der Waals surface area (Å²) in [6, 6.07) is -0.446. The van der Waals surface area contributed by atoms with Crippen LogP contribution in [0.2, 0.25) is 0 Å². The predicted molar refractivity (Wildman–Crippen MR) is 63.1 cm³/mol. The van der Waals surface area contributed by atoms with E-state index in [4.69, 9.17) is 0 Å². The van der Waals surface area contributed by atoms with Crippen molar-refractivity contribution >= 4 is 11.9 Å². The van der Waals surface area contributed by atoms with Gasteiger partial charge in [-0.3, -0.25) is 4.79 Å². The minimum Gasteiger partial charge on any atom is -0.468 e. The number of carbonyl (C=O) groups is 1. The van der Waals surface area contributed by atoms with Gasteiger partial charge in [-0.25, -0.2) is 4.57 Å². The van der Waals surface area contributed by atoms with Crippen LogP contribution in [-0.4, -0.2) is 40.1 Å². The van der Waals surface area contributed by atoms with Gasteiger partial charge in [0.25, 0.3) is 0 Å². The lowest BCUT2D eigenvalue weighted by molar-refractivity contribution is -0.396. The Balaban J connectivity index is 2.56. The molecular formula is C10H16N4O4. The second kappa shape index (κ2) is 6.10. The van der Waals surface area contributed by atoms with E-state index >= 15 is 0 Å². The van der Waals surface area contributed by atoms with Gasteiger partial charge in [0.05, 0.1) is 13.7 Å². The Hall–Kier alpha value is -1.96. The van der Waals surface area contributed by atoms with Crippen molar-refractivity contribution in [1.82, 2.24) is 14.9 Å². The molecule has 0 radical (unpaired) electrons. The molecule has 100 valence electrons. The number of esters is 1. The zero-order chi connectivity index (χ0) is 13.7. The van der Waals surface area contributed by atoms with Crippen LogP contribution in [0.15, 0.2) is 6.20 Å². The van der Waals surface area contributed by atoms with Crippen LogP contribution in [0, 0.1) is 17.0 Å². The lowest BCUT2D eigenvalue weighted by atomic mass is 10.3. The molecule has 0 spiro atoms. The molecule has 0 saturated heterocycles. The van der Waals surface area contributed by atoms with Crippen LogP contribution in [0.1, 0.15) is 12.6 Å². The normalized spacial score (nSPS) is 12.2. The average Bonchev–Trinajstić information content (AvgIpc) is 2.70. The minimum absolute atomic E-state index is 0.194. The number of nitrogens with zero attached hydrogens (tertiary/aromatic N) is 3. The summed E-state index contributed by atoms with van der Waals surface area (Å²) < 4.78 is 6.04. The van der Waals surface area contributed by atoms with Gasteiger partial charge in [-0.1, -0.05) is 4.98 Å². The molecule has 0 saturated carbocycles. The van der Waals surface area contributed by atoms with Gasteiger partial charge >= 0.3 is 11.9 Å². The van der Waals surface area contributed by atoms with Crippen molar-refractivity contribution in [3.05, 3.63) is 22.0 Å². The summed E-state index contributed by atoms with van der Waals surface area (Å²) in [7, 11) is 1.31. The molecule has 0 fully saturated rings. The molecule has 0 aliphatic heterocycles. The van der Waals surface area contributed by atoms with Crippen LogP contribution in [0.3, 0.4) is 0 Å². The number of hydrogen-bond donors (Lipinski definition) is 1. The molecule has 0 bridgehead atoms. The summed E-state index contributed by atoms with van der Waals surface area (Å²) in [6.07, 6.45) is 1.45. The molecule has 0 aromatic carbocycles. The highest BCUT2D eigenvalue weighted by molar-refractivity contribution is 5.74. The number of methoxy groups -OCH3 is 1. The lowest BCUT2D eigenvalue weighted by Crippen LogP contribution is -2.36. The smallest absolute Gasteiger partial charge is 0.434 e. The molecule has 8 heteroatoms. The number of ether oxygens (including phenoxy) is 1. The summed E-state index contributed by atoms with van der Waals surface area (Å²) in [5.74, 6) is -0.563. The number of imidazole rings is 1. The van der Waals surface area contributed by atoms with Crippen LogP contribution in [-0.2, 0) is 16.1 Å². The number of nitro groups is 1. The van der Waals surface area contributed by atoms with E-state index in [0.717, 1.165) is 0 Å². The first kappa shape index (κ1) is 14.1. The first-order valence-electron chi connectivity index (χ1n) is 5.45. The summed E-state index contributed by atoms with van der Waals surface area (Å²) in [5.41, 5.74) is 0.703. The summed E-state index contributed by atoms with van der Waals surface area (Å²) >= 11 is 0. The monoisotopic (exact) mass is 256 g/mol. The van der Waals surface area contributed by atoms with Crippen molar-refractivity contribution in [2.75, 3.05) is 13.7 Å². The average molecular weight is 256 g/mol. The summed E-state index contributed by atoms with van der Waals surface area (Å²) in [6.45, 7) is 4.18. The molecule has 1 N–H and O–H groups in total. The number of rotatable bonds is 6. The highest BCUT2D eigenvalue weighted by atomic mass is 16.6. The second-order valence-electron chi connectivity index (χ2n) is 3.81. The van der Waals surface area contributed by atoms with Crippen molar-refractivity contribution < 1.29 is 14.5 Å². The van der Waals surface area contributed by atoms with E-state index in [0.29, 0.717) is 18.8 Å². The lowest BCUT2D eigenvalue weighted by Gasteiger charge is -2.11. The van der Waals surface area contributed by atoms with Gasteiger partial charge in [-0.2, -0.15) is 0 Å². The predicted octanol–water partition coefficient (Wildman–Crippen LogP) is 0.251. The van der Waals surface area contributed by atoms with Crippen molar-refractivity contribution in [3.63, 3.8) is 0 Å².